The Morgan fingerprint density at radius 1 is 1.33 bits per heavy atom. The summed E-state index contributed by atoms with van der Waals surface area (Å²) in [6, 6.07) is 6.10. The zero-order valence-corrected chi connectivity index (χ0v) is 16.2. The monoisotopic (exact) mass is 389 g/mol. The third-order valence-electron chi connectivity index (χ3n) is 4.49. The first-order chi connectivity index (χ1) is 12.9. The number of aromatic nitrogens is 4. The van der Waals surface area contributed by atoms with Crippen LogP contribution in [0.1, 0.15) is 36.3 Å². The van der Waals surface area contributed by atoms with Crippen LogP contribution in [0.5, 0.6) is 0 Å². The van der Waals surface area contributed by atoms with E-state index >= 15 is 0 Å². The molecular formula is C19H21ClFN5O. The molecule has 0 radical (unpaired) electrons. The summed E-state index contributed by atoms with van der Waals surface area (Å²) in [7, 11) is 0. The highest BCUT2D eigenvalue weighted by atomic mass is 35.5. The van der Waals surface area contributed by atoms with E-state index in [9.17, 15) is 9.18 Å². The molecule has 1 unspecified atom stereocenters. The first-order valence-electron chi connectivity index (χ1n) is 8.68. The van der Waals surface area contributed by atoms with Gasteiger partial charge in [-0.25, -0.2) is 4.39 Å². The Balaban J connectivity index is 1.82. The molecule has 2 heterocycles. The van der Waals surface area contributed by atoms with E-state index in [0.29, 0.717) is 34.9 Å². The summed E-state index contributed by atoms with van der Waals surface area (Å²) < 4.78 is 17.2. The van der Waals surface area contributed by atoms with Crippen molar-refractivity contribution in [3.05, 3.63) is 64.5 Å². The Bertz CT molecular complexity index is 965. The number of anilines is 1. The SMILES string of the molecule is CCC(C(=O)Nc1c(C)nn(Cc2ccccc2F)c1C)n1cc(Cl)cn1. The number of benzene rings is 1. The second-order valence-electron chi connectivity index (χ2n) is 6.35. The fraction of sp³-hybridized carbons (Fsp3) is 0.316. The molecule has 0 bridgehead atoms. The van der Waals surface area contributed by atoms with Crippen LogP contribution in [0.3, 0.4) is 0 Å². The molecule has 6 nitrogen and oxygen atoms in total. The maximum atomic E-state index is 13.9. The molecule has 1 amide bonds. The molecule has 2 aromatic heterocycles. The lowest BCUT2D eigenvalue weighted by Crippen LogP contribution is -2.26. The van der Waals surface area contributed by atoms with E-state index in [0.717, 1.165) is 5.69 Å². The Morgan fingerprint density at radius 2 is 2.07 bits per heavy atom. The maximum absolute atomic E-state index is 13.9. The standard InChI is InChI=1S/C19H21ClFN5O/c1-4-17(26-11-15(20)9-22-26)19(27)23-18-12(2)24-25(13(18)3)10-14-7-5-6-8-16(14)21/h5-9,11,17H,4,10H2,1-3H3,(H,23,27). The van der Waals surface area contributed by atoms with Gasteiger partial charge < -0.3 is 5.32 Å². The van der Waals surface area contributed by atoms with Crippen LogP contribution in [0.2, 0.25) is 5.02 Å². The minimum Gasteiger partial charge on any atom is -0.321 e. The van der Waals surface area contributed by atoms with Crippen LogP contribution in [-0.4, -0.2) is 25.5 Å². The van der Waals surface area contributed by atoms with Crippen LogP contribution in [0, 0.1) is 19.7 Å². The number of aryl methyl sites for hydroxylation is 1. The van der Waals surface area contributed by atoms with Crippen molar-refractivity contribution in [1.82, 2.24) is 19.6 Å². The van der Waals surface area contributed by atoms with Gasteiger partial charge in [-0.15, -0.1) is 0 Å². The summed E-state index contributed by atoms with van der Waals surface area (Å²) in [6.45, 7) is 5.86. The zero-order valence-electron chi connectivity index (χ0n) is 15.4. The minimum atomic E-state index is -0.480. The first-order valence-corrected chi connectivity index (χ1v) is 9.06. The number of halogens is 2. The molecule has 0 aliphatic heterocycles. The molecule has 3 rings (SSSR count). The van der Waals surface area contributed by atoms with Crippen molar-refractivity contribution < 1.29 is 9.18 Å². The van der Waals surface area contributed by atoms with Gasteiger partial charge in [0.25, 0.3) is 0 Å². The molecule has 0 fully saturated rings. The number of carbonyl (C=O) groups is 1. The molecule has 0 saturated heterocycles. The summed E-state index contributed by atoms with van der Waals surface area (Å²) in [5.74, 6) is -0.480. The third kappa shape index (κ3) is 4.03. The molecule has 1 atom stereocenters. The van der Waals surface area contributed by atoms with Crippen molar-refractivity contribution in [2.24, 2.45) is 0 Å². The predicted octanol–water partition coefficient (Wildman–Crippen LogP) is 4.13. The molecule has 1 N–H and O–H groups in total. The molecule has 3 aromatic rings. The molecule has 8 heteroatoms. The van der Waals surface area contributed by atoms with Gasteiger partial charge in [0.15, 0.2) is 0 Å². The van der Waals surface area contributed by atoms with E-state index < -0.39 is 6.04 Å². The van der Waals surface area contributed by atoms with Crippen molar-refractivity contribution in [2.75, 3.05) is 5.32 Å². The lowest BCUT2D eigenvalue weighted by atomic mass is 10.2. The van der Waals surface area contributed by atoms with Crippen LogP contribution < -0.4 is 5.32 Å². The van der Waals surface area contributed by atoms with Gasteiger partial charge in [-0.05, 0) is 26.3 Å². The molecule has 1 aromatic carbocycles. The summed E-state index contributed by atoms with van der Waals surface area (Å²) in [5.41, 5.74) is 2.61. The Morgan fingerprint density at radius 3 is 2.70 bits per heavy atom. The minimum absolute atomic E-state index is 0.200. The van der Waals surface area contributed by atoms with Gasteiger partial charge in [0.2, 0.25) is 5.91 Å². The molecule has 0 aliphatic rings. The smallest absolute Gasteiger partial charge is 0.249 e. The van der Waals surface area contributed by atoms with Gasteiger partial charge in [0.05, 0.1) is 34.8 Å². The van der Waals surface area contributed by atoms with Gasteiger partial charge in [-0.2, -0.15) is 10.2 Å². The lowest BCUT2D eigenvalue weighted by Gasteiger charge is -2.15. The third-order valence-corrected chi connectivity index (χ3v) is 4.68. The molecular weight excluding hydrogens is 369 g/mol. The molecule has 142 valence electrons. The Kier molecular flexibility index (Phi) is 5.60. The van der Waals surface area contributed by atoms with E-state index in [2.05, 4.69) is 15.5 Å². The van der Waals surface area contributed by atoms with E-state index in [-0.39, 0.29) is 11.7 Å². The second kappa shape index (κ2) is 7.92. The van der Waals surface area contributed by atoms with Crippen molar-refractivity contribution in [3.8, 4) is 0 Å². The normalized spacial score (nSPS) is 12.2. The Labute approximate surface area is 161 Å². The first kappa shape index (κ1) is 19.1. The van der Waals surface area contributed by atoms with Crippen LogP contribution >= 0.6 is 11.6 Å². The number of carbonyl (C=O) groups excluding carboxylic acids is 1. The van der Waals surface area contributed by atoms with E-state index in [1.54, 1.807) is 33.8 Å². The molecule has 0 aliphatic carbocycles. The van der Waals surface area contributed by atoms with Crippen molar-refractivity contribution >= 4 is 23.2 Å². The van der Waals surface area contributed by atoms with Gasteiger partial charge in [-0.3, -0.25) is 14.2 Å². The average Bonchev–Trinajstić information content (AvgIpc) is 3.16. The number of amides is 1. The molecule has 27 heavy (non-hydrogen) atoms. The Hall–Kier alpha value is -2.67. The quantitative estimate of drug-likeness (QED) is 0.689. The predicted molar refractivity (Wildman–Crippen MR) is 102 cm³/mol. The van der Waals surface area contributed by atoms with Gasteiger partial charge in [0.1, 0.15) is 11.9 Å². The zero-order chi connectivity index (χ0) is 19.6. The largest absolute Gasteiger partial charge is 0.321 e. The van der Waals surface area contributed by atoms with Crippen LogP contribution in [0.4, 0.5) is 10.1 Å². The van der Waals surface area contributed by atoms with Crippen molar-refractivity contribution in [1.29, 1.82) is 0 Å². The second-order valence-corrected chi connectivity index (χ2v) is 6.78. The van der Waals surface area contributed by atoms with Crippen molar-refractivity contribution in [3.63, 3.8) is 0 Å². The summed E-state index contributed by atoms with van der Waals surface area (Å²) in [6.07, 6.45) is 3.68. The maximum Gasteiger partial charge on any atom is 0.249 e. The van der Waals surface area contributed by atoms with E-state index in [1.807, 2.05) is 20.8 Å². The van der Waals surface area contributed by atoms with Crippen molar-refractivity contribution in [2.45, 2.75) is 39.8 Å². The lowest BCUT2D eigenvalue weighted by molar-refractivity contribution is -0.119. The van der Waals surface area contributed by atoms with Crippen LogP contribution in [-0.2, 0) is 11.3 Å². The number of rotatable bonds is 6. The van der Waals surface area contributed by atoms with E-state index in [1.165, 1.54) is 12.3 Å². The highest BCUT2D eigenvalue weighted by Gasteiger charge is 2.22. The number of nitrogens with zero attached hydrogens (tertiary/aromatic N) is 4. The number of hydrogen-bond donors (Lipinski definition) is 1. The summed E-state index contributed by atoms with van der Waals surface area (Å²) in [4.78, 5) is 12.8. The van der Waals surface area contributed by atoms with Gasteiger partial charge in [-0.1, -0.05) is 36.7 Å². The van der Waals surface area contributed by atoms with Crippen LogP contribution in [0.15, 0.2) is 36.7 Å². The topological polar surface area (TPSA) is 64.7 Å². The van der Waals surface area contributed by atoms with Gasteiger partial charge >= 0.3 is 0 Å². The highest BCUT2D eigenvalue weighted by Crippen LogP contribution is 2.23. The van der Waals surface area contributed by atoms with E-state index in [4.69, 9.17) is 11.6 Å². The molecule has 0 spiro atoms. The fourth-order valence-electron chi connectivity index (χ4n) is 3.00. The highest BCUT2D eigenvalue weighted by molar-refractivity contribution is 6.30. The number of nitrogens with one attached hydrogen (secondary N) is 1. The van der Waals surface area contributed by atoms with Crippen LogP contribution in [0.25, 0.3) is 0 Å². The summed E-state index contributed by atoms with van der Waals surface area (Å²) >= 11 is 5.91. The molecule has 0 saturated carbocycles. The average molecular weight is 390 g/mol. The summed E-state index contributed by atoms with van der Waals surface area (Å²) in [5, 5.41) is 12.0. The number of hydrogen-bond acceptors (Lipinski definition) is 3. The fourth-order valence-corrected chi connectivity index (χ4v) is 3.15. The van der Waals surface area contributed by atoms with Gasteiger partial charge in [0, 0.05) is 11.8 Å².